The van der Waals surface area contributed by atoms with E-state index in [0.717, 1.165) is 0 Å². The SMILES string of the molecule is CCOC(=O)[C@@H]1CC=CC1NC(=O)OC(C)(C)C. The van der Waals surface area contributed by atoms with Crippen molar-refractivity contribution in [2.24, 2.45) is 5.92 Å². The highest BCUT2D eigenvalue weighted by atomic mass is 16.6. The van der Waals surface area contributed by atoms with Gasteiger partial charge in [-0.2, -0.15) is 0 Å². The Hall–Kier alpha value is -1.52. The molecule has 1 aliphatic carbocycles. The maximum absolute atomic E-state index is 11.7. The third kappa shape index (κ3) is 4.39. The summed E-state index contributed by atoms with van der Waals surface area (Å²) in [6.07, 6.45) is 3.72. The Morgan fingerprint density at radius 3 is 2.61 bits per heavy atom. The van der Waals surface area contributed by atoms with Crippen molar-refractivity contribution in [2.45, 2.75) is 45.8 Å². The predicted molar refractivity (Wildman–Crippen MR) is 67.0 cm³/mol. The van der Waals surface area contributed by atoms with Gasteiger partial charge in [0.15, 0.2) is 0 Å². The van der Waals surface area contributed by atoms with Crippen molar-refractivity contribution in [1.29, 1.82) is 0 Å². The molecule has 1 N–H and O–H groups in total. The van der Waals surface area contributed by atoms with E-state index in [1.54, 1.807) is 33.8 Å². The molecule has 0 aromatic heterocycles. The molecule has 1 amide bonds. The first-order valence-corrected chi connectivity index (χ1v) is 6.16. The maximum atomic E-state index is 11.7. The molecule has 2 atom stereocenters. The van der Waals surface area contributed by atoms with Gasteiger partial charge in [0.25, 0.3) is 0 Å². The van der Waals surface area contributed by atoms with Crippen molar-refractivity contribution in [1.82, 2.24) is 5.32 Å². The summed E-state index contributed by atoms with van der Waals surface area (Å²) in [6, 6.07) is -0.348. The molecule has 0 aromatic rings. The van der Waals surface area contributed by atoms with Crippen molar-refractivity contribution in [3.05, 3.63) is 12.2 Å². The smallest absolute Gasteiger partial charge is 0.408 e. The van der Waals surface area contributed by atoms with E-state index < -0.39 is 11.7 Å². The second-order valence-electron chi connectivity index (χ2n) is 5.19. The van der Waals surface area contributed by atoms with Crippen molar-refractivity contribution >= 4 is 12.1 Å². The van der Waals surface area contributed by atoms with Crippen LogP contribution in [0.15, 0.2) is 12.2 Å². The number of hydrogen-bond donors (Lipinski definition) is 1. The molecule has 18 heavy (non-hydrogen) atoms. The van der Waals surface area contributed by atoms with Crippen LogP contribution in [-0.2, 0) is 14.3 Å². The molecular formula is C13H21NO4. The molecule has 1 aliphatic rings. The molecule has 102 valence electrons. The predicted octanol–water partition coefficient (Wildman–Crippen LogP) is 2.02. The minimum absolute atomic E-state index is 0.288. The molecule has 0 saturated carbocycles. The molecule has 0 heterocycles. The molecule has 1 unspecified atom stereocenters. The average molecular weight is 255 g/mol. The third-order valence-corrected chi connectivity index (χ3v) is 2.44. The summed E-state index contributed by atoms with van der Waals surface area (Å²) in [5.41, 5.74) is -0.550. The topological polar surface area (TPSA) is 64.6 Å². The molecule has 0 bridgehead atoms. The molecule has 5 nitrogen and oxygen atoms in total. The van der Waals surface area contributed by atoms with E-state index in [9.17, 15) is 9.59 Å². The van der Waals surface area contributed by atoms with E-state index in [-0.39, 0.29) is 17.9 Å². The lowest BCUT2D eigenvalue weighted by molar-refractivity contribution is -0.148. The zero-order valence-corrected chi connectivity index (χ0v) is 11.4. The van der Waals surface area contributed by atoms with Gasteiger partial charge in [0.2, 0.25) is 0 Å². The first-order valence-electron chi connectivity index (χ1n) is 6.16. The van der Waals surface area contributed by atoms with Gasteiger partial charge in [-0.05, 0) is 34.1 Å². The summed E-state index contributed by atoms with van der Waals surface area (Å²) in [5, 5.41) is 2.68. The minimum atomic E-state index is -0.550. The first-order chi connectivity index (χ1) is 8.33. The monoisotopic (exact) mass is 255 g/mol. The van der Waals surface area contributed by atoms with E-state index in [0.29, 0.717) is 13.0 Å². The number of allylic oxidation sites excluding steroid dienone is 1. The van der Waals surface area contributed by atoms with Crippen molar-refractivity contribution in [3.8, 4) is 0 Å². The first kappa shape index (κ1) is 14.5. The standard InChI is InChI=1S/C13H21NO4/c1-5-17-11(15)9-7-6-8-10(9)14-12(16)18-13(2,3)4/h6,8-10H,5,7H2,1-4H3,(H,14,16)/t9-,10?/m1/s1. The van der Waals surface area contributed by atoms with Crippen LogP contribution >= 0.6 is 0 Å². The zero-order valence-electron chi connectivity index (χ0n) is 11.4. The van der Waals surface area contributed by atoms with Gasteiger partial charge in [-0.1, -0.05) is 12.2 Å². The summed E-state index contributed by atoms with van der Waals surface area (Å²) in [5.74, 6) is -0.638. The highest BCUT2D eigenvalue weighted by Crippen LogP contribution is 2.21. The van der Waals surface area contributed by atoms with Crippen LogP contribution in [-0.4, -0.2) is 30.3 Å². The zero-order chi connectivity index (χ0) is 13.8. The third-order valence-electron chi connectivity index (χ3n) is 2.44. The van der Waals surface area contributed by atoms with Crippen LogP contribution in [0.5, 0.6) is 0 Å². The quantitative estimate of drug-likeness (QED) is 0.619. The molecule has 0 radical (unpaired) electrons. The summed E-state index contributed by atoms with van der Waals surface area (Å²) >= 11 is 0. The Bertz CT molecular complexity index is 343. The Balaban J connectivity index is 2.52. The summed E-state index contributed by atoms with van der Waals surface area (Å²) in [7, 11) is 0. The number of amides is 1. The Kier molecular flexibility index (Phi) is 4.76. The fourth-order valence-corrected chi connectivity index (χ4v) is 1.74. The second-order valence-corrected chi connectivity index (χ2v) is 5.19. The van der Waals surface area contributed by atoms with Crippen molar-refractivity contribution in [3.63, 3.8) is 0 Å². The number of carbonyl (C=O) groups is 2. The highest BCUT2D eigenvalue weighted by molar-refractivity contribution is 5.76. The van der Waals surface area contributed by atoms with Crippen LogP contribution in [0.2, 0.25) is 0 Å². The van der Waals surface area contributed by atoms with E-state index in [1.165, 1.54) is 0 Å². The van der Waals surface area contributed by atoms with Crippen molar-refractivity contribution < 1.29 is 19.1 Å². The maximum Gasteiger partial charge on any atom is 0.408 e. The van der Waals surface area contributed by atoms with Crippen molar-refractivity contribution in [2.75, 3.05) is 6.61 Å². The lowest BCUT2D eigenvalue weighted by Gasteiger charge is -2.23. The van der Waals surface area contributed by atoms with Gasteiger partial charge < -0.3 is 14.8 Å². The molecule has 0 spiro atoms. The van der Waals surface area contributed by atoms with Gasteiger partial charge in [-0.25, -0.2) is 4.79 Å². The number of rotatable bonds is 3. The van der Waals surface area contributed by atoms with E-state index in [1.807, 2.05) is 6.08 Å². The molecule has 0 fully saturated rings. The molecule has 1 rings (SSSR count). The highest BCUT2D eigenvalue weighted by Gasteiger charge is 2.32. The summed E-state index contributed by atoms with van der Waals surface area (Å²) < 4.78 is 10.1. The number of nitrogens with one attached hydrogen (secondary N) is 1. The lowest BCUT2D eigenvalue weighted by atomic mass is 10.0. The largest absolute Gasteiger partial charge is 0.466 e. The van der Waals surface area contributed by atoms with Gasteiger partial charge in [-0.15, -0.1) is 0 Å². The van der Waals surface area contributed by atoms with E-state index >= 15 is 0 Å². The Morgan fingerprint density at radius 2 is 2.06 bits per heavy atom. The van der Waals surface area contributed by atoms with Crippen LogP contribution in [0.1, 0.15) is 34.1 Å². The number of hydrogen-bond acceptors (Lipinski definition) is 4. The molecule has 0 saturated heterocycles. The number of alkyl carbamates (subject to hydrolysis) is 1. The van der Waals surface area contributed by atoms with Gasteiger partial charge in [0.1, 0.15) is 5.60 Å². The Labute approximate surface area is 108 Å². The second kappa shape index (κ2) is 5.89. The minimum Gasteiger partial charge on any atom is -0.466 e. The number of esters is 1. The van der Waals surface area contributed by atoms with Crippen LogP contribution in [0, 0.1) is 5.92 Å². The van der Waals surface area contributed by atoms with Gasteiger partial charge in [0.05, 0.1) is 18.6 Å². The molecule has 0 aromatic carbocycles. The van der Waals surface area contributed by atoms with Crippen LogP contribution in [0.3, 0.4) is 0 Å². The fourth-order valence-electron chi connectivity index (χ4n) is 1.74. The average Bonchev–Trinajstić information content (AvgIpc) is 2.62. The molecule has 0 aliphatic heterocycles. The van der Waals surface area contributed by atoms with Gasteiger partial charge >= 0.3 is 12.1 Å². The number of ether oxygens (including phenoxy) is 2. The van der Waals surface area contributed by atoms with Crippen LogP contribution < -0.4 is 5.32 Å². The van der Waals surface area contributed by atoms with Gasteiger partial charge in [-0.3, -0.25) is 4.79 Å². The lowest BCUT2D eigenvalue weighted by Crippen LogP contribution is -2.43. The van der Waals surface area contributed by atoms with Crippen LogP contribution in [0.4, 0.5) is 4.79 Å². The normalized spacial score (nSPS) is 22.7. The van der Waals surface area contributed by atoms with Gasteiger partial charge in [0, 0.05) is 0 Å². The molecular weight excluding hydrogens is 234 g/mol. The summed E-state index contributed by atoms with van der Waals surface area (Å²) in [4.78, 5) is 23.3. The Morgan fingerprint density at radius 1 is 1.39 bits per heavy atom. The molecule has 5 heteroatoms. The van der Waals surface area contributed by atoms with E-state index in [4.69, 9.17) is 9.47 Å². The number of carbonyl (C=O) groups excluding carboxylic acids is 2. The van der Waals surface area contributed by atoms with Crippen LogP contribution in [0.25, 0.3) is 0 Å². The van der Waals surface area contributed by atoms with E-state index in [2.05, 4.69) is 5.32 Å². The summed E-state index contributed by atoms with van der Waals surface area (Å²) in [6.45, 7) is 7.48. The fraction of sp³-hybridized carbons (Fsp3) is 0.692.